The Hall–Kier alpha value is -1.87. The van der Waals surface area contributed by atoms with E-state index in [1.807, 2.05) is 0 Å². The van der Waals surface area contributed by atoms with Crippen LogP contribution in [-0.2, 0) is 13.0 Å². The number of anilines is 1. The molecule has 0 bridgehead atoms. The van der Waals surface area contributed by atoms with Crippen LogP contribution in [0.2, 0.25) is 0 Å². The SMILES string of the molecule is CCc1nc(CNc2ccc3ccccc3c2)cs1. The van der Waals surface area contributed by atoms with Gasteiger partial charge in [-0.2, -0.15) is 0 Å². The lowest BCUT2D eigenvalue weighted by molar-refractivity contribution is 1.01. The lowest BCUT2D eigenvalue weighted by Gasteiger charge is -2.06. The van der Waals surface area contributed by atoms with E-state index in [1.54, 1.807) is 11.3 Å². The summed E-state index contributed by atoms with van der Waals surface area (Å²) < 4.78 is 0. The van der Waals surface area contributed by atoms with E-state index in [9.17, 15) is 0 Å². The minimum Gasteiger partial charge on any atom is -0.379 e. The Morgan fingerprint density at radius 3 is 2.74 bits per heavy atom. The van der Waals surface area contributed by atoms with Gasteiger partial charge in [0.25, 0.3) is 0 Å². The van der Waals surface area contributed by atoms with Gasteiger partial charge in [-0.15, -0.1) is 11.3 Å². The number of nitrogens with zero attached hydrogens (tertiary/aromatic N) is 1. The monoisotopic (exact) mass is 268 g/mol. The van der Waals surface area contributed by atoms with Crippen molar-refractivity contribution in [2.45, 2.75) is 19.9 Å². The number of thiazole rings is 1. The molecule has 0 aliphatic heterocycles. The van der Waals surface area contributed by atoms with Crippen molar-refractivity contribution in [2.24, 2.45) is 0 Å². The second kappa shape index (κ2) is 5.41. The summed E-state index contributed by atoms with van der Waals surface area (Å²) in [5.74, 6) is 0. The van der Waals surface area contributed by atoms with E-state index in [4.69, 9.17) is 0 Å². The Morgan fingerprint density at radius 1 is 1.11 bits per heavy atom. The molecule has 1 heterocycles. The molecule has 0 unspecified atom stereocenters. The average Bonchev–Trinajstić information content (AvgIpc) is 2.93. The summed E-state index contributed by atoms with van der Waals surface area (Å²) >= 11 is 1.74. The average molecular weight is 268 g/mol. The van der Waals surface area contributed by atoms with Gasteiger partial charge in [-0.1, -0.05) is 37.3 Å². The summed E-state index contributed by atoms with van der Waals surface area (Å²) in [7, 11) is 0. The van der Waals surface area contributed by atoms with Gasteiger partial charge in [0, 0.05) is 11.1 Å². The van der Waals surface area contributed by atoms with Gasteiger partial charge in [0.15, 0.2) is 0 Å². The standard InChI is InChI=1S/C16H16N2S/c1-2-16-18-15(11-19-16)10-17-14-8-7-12-5-3-4-6-13(12)9-14/h3-9,11,17H,2,10H2,1H3. The normalized spacial score (nSPS) is 10.8. The van der Waals surface area contributed by atoms with Crippen molar-refractivity contribution in [3.05, 3.63) is 58.5 Å². The lowest BCUT2D eigenvalue weighted by Crippen LogP contribution is -1.99. The zero-order valence-electron chi connectivity index (χ0n) is 10.9. The predicted molar refractivity (Wildman–Crippen MR) is 82.8 cm³/mol. The number of aromatic nitrogens is 1. The van der Waals surface area contributed by atoms with Crippen molar-refractivity contribution >= 4 is 27.8 Å². The zero-order chi connectivity index (χ0) is 13.1. The van der Waals surface area contributed by atoms with Crippen LogP contribution in [0.3, 0.4) is 0 Å². The number of hydrogen-bond donors (Lipinski definition) is 1. The maximum atomic E-state index is 4.56. The summed E-state index contributed by atoms with van der Waals surface area (Å²) in [6.45, 7) is 2.92. The molecular formula is C16H16N2S. The van der Waals surface area contributed by atoms with Gasteiger partial charge < -0.3 is 5.32 Å². The first kappa shape index (κ1) is 12.2. The molecule has 1 N–H and O–H groups in total. The van der Waals surface area contributed by atoms with Gasteiger partial charge in [-0.05, 0) is 29.3 Å². The minimum absolute atomic E-state index is 0.787. The zero-order valence-corrected chi connectivity index (χ0v) is 11.7. The number of hydrogen-bond acceptors (Lipinski definition) is 3. The molecule has 0 radical (unpaired) electrons. The van der Waals surface area contributed by atoms with E-state index in [2.05, 4.69) is 65.1 Å². The molecule has 0 saturated carbocycles. The van der Waals surface area contributed by atoms with Crippen LogP contribution in [0.4, 0.5) is 5.69 Å². The summed E-state index contributed by atoms with van der Waals surface area (Å²) in [5, 5.41) is 9.31. The molecule has 1 aromatic heterocycles. The molecule has 0 amide bonds. The third-order valence-electron chi connectivity index (χ3n) is 3.12. The van der Waals surface area contributed by atoms with E-state index in [-0.39, 0.29) is 0 Å². The van der Waals surface area contributed by atoms with Gasteiger partial charge in [0.2, 0.25) is 0 Å². The summed E-state index contributed by atoms with van der Waals surface area (Å²) in [6.07, 6.45) is 1.01. The molecule has 0 atom stereocenters. The van der Waals surface area contributed by atoms with Crippen molar-refractivity contribution < 1.29 is 0 Å². The fraction of sp³-hybridized carbons (Fsp3) is 0.188. The number of rotatable bonds is 4. The Balaban J connectivity index is 1.74. The summed E-state index contributed by atoms with van der Waals surface area (Å²) in [5.41, 5.74) is 2.26. The second-order valence-corrected chi connectivity index (χ2v) is 5.44. The van der Waals surface area contributed by atoms with Crippen molar-refractivity contribution in [1.82, 2.24) is 4.98 Å². The molecule has 3 rings (SSSR count). The van der Waals surface area contributed by atoms with Gasteiger partial charge in [-0.3, -0.25) is 0 Å². The number of nitrogens with one attached hydrogen (secondary N) is 1. The molecule has 0 fully saturated rings. The highest BCUT2D eigenvalue weighted by atomic mass is 32.1. The highest BCUT2D eigenvalue weighted by Gasteiger charge is 2.00. The van der Waals surface area contributed by atoms with Crippen molar-refractivity contribution in [3.63, 3.8) is 0 Å². The third-order valence-corrected chi connectivity index (χ3v) is 4.17. The topological polar surface area (TPSA) is 24.9 Å². The van der Waals surface area contributed by atoms with Gasteiger partial charge in [0.05, 0.1) is 17.2 Å². The highest BCUT2D eigenvalue weighted by molar-refractivity contribution is 7.09. The Bertz CT molecular complexity index is 688. The maximum Gasteiger partial charge on any atom is 0.0926 e. The van der Waals surface area contributed by atoms with Crippen LogP contribution in [0.15, 0.2) is 47.8 Å². The Kier molecular flexibility index (Phi) is 3.47. The minimum atomic E-state index is 0.787. The molecule has 96 valence electrons. The summed E-state index contributed by atoms with van der Waals surface area (Å²) in [4.78, 5) is 4.56. The molecule has 2 aromatic carbocycles. The highest BCUT2D eigenvalue weighted by Crippen LogP contribution is 2.19. The Labute approximate surface area is 117 Å². The largest absolute Gasteiger partial charge is 0.379 e. The van der Waals surface area contributed by atoms with Crippen molar-refractivity contribution in [1.29, 1.82) is 0 Å². The van der Waals surface area contributed by atoms with E-state index in [0.29, 0.717) is 0 Å². The van der Waals surface area contributed by atoms with Crippen molar-refractivity contribution in [2.75, 3.05) is 5.32 Å². The molecule has 19 heavy (non-hydrogen) atoms. The first-order chi connectivity index (χ1) is 9.35. The quantitative estimate of drug-likeness (QED) is 0.755. The van der Waals surface area contributed by atoms with E-state index in [1.165, 1.54) is 15.8 Å². The maximum absolute atomic E-state index is 4.56. The predicted octanol–water partition coefficient (Wildman–Crippen LogP) is 4.47. The number of fused-ring (bicyclic) bond motifs is 1. The number of benzene rings is 2. The fourth-order valence-electron chi connectivity index (χ4n) is 2.08. The third kappa shape index (κ3) is 2.76. The first-order valence-corrected chi connectivity index (χ1v) is 7.39. The van der Waals surface area contributed by atoms with Crippen LogP contribution in [0.1, 0.15) is 17.6 Å². The molecule has 2 nitrogen and oxygen atoms in total. The molecule has 0 aliphatic carbocycles. The van der Waals surface area contributed by atoms with Crippen LogP contribution < -0.4 is 5.32 Å². The fourth-order valence-corrected chi connectivity index (χ4v) is 2.83. The van der Waals surface area contributed by atoms with Crippen molar-refractivity contribution in [3.8, 4) is 0 Å². The Morgan fingerprint density at radius 2 is 1.95 bits per heavy atom. The second-order valence-electron chi connectivity index (χ2n) is 4.50. The molecule has 0 aliphatic rings. The van der Waals surface area contributed by atoms with Crippen LogP contribution >= 0.6 is 11.3 Å². The van der Waals surface area contributed by atoms with E-state index in [0.717, 1.165) is 24.3 Å². The van der Waals surface area contributed by atoms with Gasteiger partial charge in [-0.25, -0.2) is 4.98 Å². The lowest BCUT2D eigenvalue weighted by atomic mass is 10.1. The molecule has 3 heteroatoms. The smallest absolute Gasteiger partial charge is 0.0926 e. The molecule has 0 spiro atoms. The van der Waals surface area contributed by atoms with Crippen LogP contribution in [0.5, 0.6) is 0 Å². The van der Waals surface area contributed by atoms with E-state index < -0.39 is 0 Å². The number of aryl methyl sites for hydroxylation is 1. The van der Waals surface area contributed by atoms with Crippen LogP contribution in [-0.4, -0.2) is 4.98 Å². The molecule has 3 aromatic rings. The molecular weight excluding hydrogens is 252 g/mol. The first-order valence-electron chi connectivity index (χ1n) is 6.51. The molecule has 0 saturated heterocycles. The summed E-state index contributed by atoms with van der Waals surface area (Å²) in [6, 6.07) is 14.9. The van der Waals surface area contributed by atoms with Gasteiger partial charge >= 0.3 is 0 Å². The van der Waals surface area contributed by atoms with Crippen LogP contribution in [0, 0.1) is 0 Å². The van der Waals surface area contributed by atoms with Gasteiger partial charge in [0.1, 0.15) is 0 Å². The van der Waals surface area contributed by atoms with Crippen LogP contribution in [0.25, 0.3) is 10.8 Å². The van der Waals surface area contributed by atoms with E-state index >= 15 is 0 Å².